The Labute approximate surface area is 109 Å². The number of hydrogen-bond acceptors (Lipinski definition) is 5. The van der Waals surface area contributed by atoms with Gasteiger partial charge in [-0.05, 0) is 19.1 Å². The van der Waals surface area contributed by atoms with Crippen LogP contribution in [0.2, 0.25) is 0 Å². The molecule has 0 aliphatic heterocycles. The minimum atomic E-state index is -0.462. The molecule has 0 bridgehead atoms. The Morgan fingerprint density at radius 2 is 2.26 bits per heavy atom. The Bertz CT molecular complexity index is 611. The minimum Gasteiger partial charge on any atom is -0.507 e. The summed E-state index contributed by atoms with van der Waals surface area (Å²) in [6, 6.07) is 5.11. The lowest BCUT2D eigenvalue weighted by Gasteiger charge is -2.00. The molecule has 0 unspecified atom stereocenters. The van der Waals surface area contributed by atoms with E-state index in [9.17, 15) is 9.90 Å². The molecule has 2 aromatic rings. The largest absolute Gasteiger partial charge is 0.507 e. The second kappa shape index (κ2) is 5.72. The van der Waals surface area contributed by atoms with Crippen LogP contribution in [0.5, 0.6) is 5.75 Å². The Balaban J connectivity index is 2.04. The number of nitrogens with zero attached hydrogens (tertiary/aromatic N) is 3. The third kappa shape index (κ3) is 3.35. The number of hydrogen-bond donors (Lipinski definition) is 2. The monoisotopic (exact) mass is 256 g/mol. The first-order chi connectivity index (χ1) is 9.16. The van der Waals surface area contributed by atoms with Gasteiger partial charge < -0.3 is 5.11 Å². The van der Waals surface area contributed by atoms with Crippen molar-refractivity contribution in [1.82, 2.24) is 15.4 Å². The number of carbonyl (C=O) groups is 1. The summed E-state index contributed by atoms with van der Waals surface area (Å²) in [5.41, 5.74) is 4.00. The van der Waals surface area contributed by atoms with Crippen molar-refractivity contribution < 1.29 is 9.90 Å². The maximum atomic E-state index is 11.6. The van der Waals surface area contributed by atoms with Crippen LogP contribution >= 0.6 is 0 Å². The van der Waals surface area contributed by atoms with Crippen molar-refractivity contribution in [3.8, 4) is 5.75 Å². The zero-order valence-corrected chi connectivity index (χ0v) is 10.2. The van der Waals surface area contributed by atoms with Gasteiger partial charge in [-0.3, -0.25) is 9.78 Å². The van der Waals surface area contributed by atoms with E-state index >= 15 is 0 Å². The molecule has 0 saturated heterocycles. The van der Waals surface area contributed by atoms with Gasteiger partial charge in [0.15, 0.2) is 0 Å². The number of hydrazone groups is 1. The van der Waals surface area contributed by atoms with Gasteiger partial charge in [0.25, 0.3) is 5.91 Å². The highest BCUT2D eigenvalue weighted by Gasteiger charge is 2.04. The summed E-state index contributed by atoms with van der Waals surface area (Å²) < 4.78 is 0. The van der Waals surface area contributed by atoms with Crippen LogP contribution in [-0.2, 0) is 0 Å². The zero-order chi connectivity index (χ0) is 13.7. The molecule has 2 N–H and O–H groups in total. The van der Waals surface area contributed by atoms with Crippen LogP contribution in [0, 0.1) is 6.92 Å². The summed E-state index contributed by atoms with van der Waals surface area (Å²) in [5, 5.41) is 13.4. The van der Waals surface area contributed by atoms with Crippen LogP contribution in [0.3, 0.4) is 0 Å². The van der Waals surface area contributed by atoms with Crippen LogP contribution < -0.4 is 5.43 Å². The van der Waals surface area contributed by atoms with E-state index in [0.717, 1.165) is 5.56 Å². The van der Waals surface area contributed by atoms with Gasteiger partial charge in [0, 0.05) is 18.0 Å². The molecule has 0 aliphatic rings. The maximum absolute atomic E-state index is 11.6. The predicted octanol–water partition coefficient (Wildman–Crippen LogP) is 1.25. The van der Waals surface area contributed by atoms with Crippen molar-refractivity contribution in [2.24, 2.45) is 5.10 Å². The van der Waals surface area contributed by atoms with E-state index in [2.05, 4.69) is 20.5 Å². The molecule has 0 radical (unpaired) electrons. The molecule has 6 nitrogen and oxygen atoms in total. The van der Waals surface area contributed by atoms with Crippen LogP contribution in [0.25, 0.3) is 0 Å². The third-order valence-electron chi connectivity index (χ3n) is 2.35. The van der Waals surface area contributed by atoms with Crippen molar-refractivity contribution >= 4 is 12.1 Å². The number of aryl methyl sites for hydroxylation is 1. The SMILES string of the molecule is Cc1ccc(O)c(C=NNC(=O)c2cnccn2)c1. The number of phenols is 1. The van der Waals surface area contributed by atoms with E-state index in [0.29, 0.717) is 5.56 Å². The van der Waals surface area contributed by atoms with E-state index in [1.54, 1.807) is 18.2 Å². The summed E-state index contributed by atoms with van der Waals surface area (Å²) >= 11 is 0. The number of carbonyl (C=O) groups excluding carboxylic acids is 1. The Hall–Kier alpha value is -2.76. The summed E-state index contributed by atoms with van der Waals surface area (Å²) in [4.78, 5) is 19.2. The number of nitrogens with one attached hydrogen (secondary N) is 1. The molecule has 1 aromatic heterocycles. The topological polar surface area (TPSA) is 87.5 Å². The van der Waals surface area contributed by atoms with E-state index in [1.165, 1.54) is 24.8 Å². The summed E-state index contributed by atoms with van der Waals surface area (Å²) in [5.74, 6) is -0.361. The zero-order valence-electron chi connectivity index (χ0n) is 10.2. The lowest BCUT2D eigenvalue weighted by molar-refractivity contribution is 0.0949. The molecule has 0 spiro atoms. The van der Waals surface area contributed by atoms with Gasteiger partial charge in [-0.15, -0.1) is 0 Å². The first-order valence-corrected chi connectivity index (χ1v) is 5.56. The molecular formula is C13H12N4O2. The number of aromatic hydroxyl groups is 1. The van der Waals surface area contributed by atoms with Crippen LogP contribution in [0.1, 0.15) is 21.6 Å². The lowest BCUT2D eigenvalue weighted by Crippen LogP contribution is -2.19. The molecule has 1 heterocycles. The molecule has 0 saturated carbocycles. The van der Waals surface area contributed by atoms with Crippen LogP contribution in [0.4, 0.5) is 0 Å². The van der Waals surface area contributed by atoms with Gasteiger partial charge in [-0.1, -0.05) is 11.6 Å². The molecule has 19 heavy (non-hydrogen) atoms. The Morgan fingerprint density at radius 1 is 1.42 bits per heavy atom. The first-order valence-electron chi connectivity index (χ1n) is 5.56. The standard InChI is InChI=1S/C13H12N4O2/c1-9-2-3-12(18)10(6-9)7-16-17-13(19)11-8-14-4-5-15-11/h2-8,18H,1H3,(H,17,19). The second-order valence-corrected chi connectivity index (χ2v) is 3.85. The van der Waals surface area contributed by atoms with Crippen molar-refractivity contribution in [3.05, 3.63) is 53.6 Å². The third-order valence-corrected chi connectivity index (χ3v) is 2.35. The Kier molecular flexibility index (Phi) is 3.82. The molecule has 2 rings (SSSR count). The highest BCUT2D eigenvalue weighted by molar-refractivity contribution is 5.93. The molecule has 0 atom stereocenters. The van der Waals surface area contributed by atoms with Gasteiger partial charge in [0.1, 0.15) is 11.4 Å². The quantitative estimate of drug-likeness (QED) is 0.639. The van der Waals surface area contributed by atoms with Gasteiger partial charge in [-0.25, -0.2) is 10.4 Å². The van der Waals surface area contributed by atoms with Crippen LogP contribution in [-0.4, -0.2) is 27.2 Å². The molecule has 1 aromatic carbocycles. The fourth-order valence-corrected chi connectivity index (χ4v) is 1.41. The number of rotatable bonds is 3. The normalized spacial score (nSPS) is 10.6. The number of aromatic nitrogens is 2. The fraction of sp³-hybridized carbons (Fsp3) is 0.0769. The fourth-order valence-electron chi connectivity index (χ4n) is 1.41. The van der Waals surface area contributed by atoms with E-state index in [4.69, 9.17) is 0 Å². The minimum absolute atomic E-state index is 0.100. The van der Waals surface area contributed by atoms with Crippen molar-refractivity contribution in [3.63, 3.8) is 0 Å². The van der Waals surface area contributed by atoms with E-state index in [-0.39, 0.29) is 11.4 Å². The maximum Gasteiger partial charge on any atom is 0.291 e. The molecular weight excluding hydrogens is 244 g/mol. The highest BCUT2D eigenvalue weighted by atomic mass is 16.3. The highest BCUT2D eigenvalue weighted by Crippen LogP contribution is 2.15. The molecule has 1 amide bonds. The van der Waals surface area contributed by atoms with Crippen LogP contribution in [0.15, 0.2) is 41.9 Å². The summed E-state index contributed by atoms with van der Waals surface area (Å²) in [7, 11) is 0. The van der Waals surface area contributed by atoms with Crippen molar-refractivity contribution in [2.45, 2.75) is 6.92 Å². The molecule has 0 fully saturated rings. The number of phenolic OH excluding ortho intramolecular Hbond substituents is 1. The summed E-state index contributed by atoms with van der Waals surface area (Å²) in [6.45, 7) is 1.90. The number of benzene rings is 1. The van der Waals surface area contributed by atoms with Crippen molar-refractivity contribution in [1.29, 1.82) is 0 Å². The van der Waals surface area contributed by atoms with Gasteiger partial charge >= 0.3 is 0 Å². The molecule has 96 valence electrons. The Morgan fingerprint density at radius 3 is 3.00 bits per heavy atom. The second-order valence-electron chi connectivity index (χ2n) is 3.85. The summed E-state index contributed by atoms with van der Waals surface area (Å²) in [6.07, 6.45) is 5.61. The first kappa shape index (κ1) is 12.7. The predicted molar refractivity (Wildman–Crippen MR) is 69.9 cm³/mol. The average molecular weight is 256 g/mol. The molecule has 6 heteroatoms. The lowest BCUT2D eigenvalue weighted by atomic mass is 10.1. The number of amides is 1. The van der Waals surface area contributed by atoms with Gasteiger partial charge in [-0.2, -0.15) is 5.10 Å². The molecule has 0 aliphatic carbocycles. The van der Waals surface area contributed by atoms with Gasteiger partial charge in [0.05, 0.1) is 12.4 Å². The smallest absolute Gasteiger partial charge is 0.291 e. The van der Waals surface area contributed by atoms with Crippen molar-refractivity contribution in [2.75, 3.05) is 0 Å². The van der Waals surface area contributed by atoms with E-state index < -0.39 is 5.91 Å². The van der Waals surface area contributed by atoms with Gasteiger partial charge in [0.2, 0.25) is 0 Å². The average Bonchev–Trinajstić information content (AvgIpc) is 2.43. The van der Waals surface area contributed by atoms with E-state index in [1.807, 2.05) is 6.92 Å².